The number of hydrogen-bond acceptors (Lipinski definition) is 3. The van der Waals surface area contributed by atoms with E-state index in [1.165, 1.54) is 20.8 Å². The van der Waals surface area contributed by atoms with Crippen LogP contribution in [0.4, 0.5) is 0 Å². The minimum atomic E-state index is -1.71. The Morgan fingerprint density at radius 2 is 1.50 bits per heavy atom. The number of hydrogen-bond donors (Lipinski definition) is 1. The molecule has 0 fully saturated rings. The quantitative estimate of drug-likeness (QED) is 0.850. The van der Waals surface area contributed by atoms with Crippen molar-refractivity contribution >= 4 is 17.8 Å². The highest BCUT2D eigenvalue weighted by atomic mass is 16.4. The third kappa shape index (κ3) is 1.74. The normalized spacial score (nSPS) is 18.4. The molecule has 2 rings (SSSR count). The third-order valence-electron chi connectivity index (χ3n) is 3.81. The second-order valence-corrected chi connectivity index (χ2v) is 4.94. The Bertz CT molecular complexity index is 609. The maximum Gasteiger partial charge on any atom is 0.334 e. The van der Waals surface area contributed by atoms with Crippen LogP contribution in [0.1, 0.15) is 26.3 Å². The molecule has 1 N–H and O–H groups in total. The Labute approximate surface area is 116 Å². The van der Waals surface area contributed by atoms with Crippen molar-refractivity contribution in [3.8, 4) is 0 Å². The SMILES string of the molecule is CC1=C(C)C(=O)N(C(C)(C(=O)O)c2ccccc2)C1=O. The summed E-state index contributed by atoms with van der Waals surface area (Å²) in [6.07, 6.45) is 0. The van der Waals surface area contributed by atoms with Gasteiger partial charge in [0.15, 0.2) is 5.54 Å². The topological polar surface area (TPSA) is 74.7 Å². The molecule has 5 nitrogen and oxygen atoms in total. The Kier molecular flexibility index (Phi) is 3.21. The minimum Gasteiger partial charge on any atom is -0.479 e. The second-order valence-electron chi connectivity index (χ2n) is 4.94. The molecule has 0 saturated heterocycles. The van der Waals surface area contributed by atoms with Crippen LogP contribution in [-0.4, -0.2) is 27.8 Å². The first kappa shape index (κ1) is 14.0. The first-order valence-corrected chi connectivity index (χ1v) is 6.17. The lowest BCUT2D eigenvalue weighted by atomic mass is 9.90. The zero-order chi connectivity index (χ0) is 15.1. The van der Waals surface area contributed by atoms with Crippen LogP contribution in [0, 0.1) is 0 Å². The van der Waals surface area contributed by atoms with Crippen LogP contribution in [0.5, 0.6) is 0 Å². The maximum atomic E-state index is 12.2. The van der Waals surface area contributed by atoms with Gasteiger partial charge >= 0.3 is 5.97 Å². The zero-order valence-electron chi connectivity index (χ0n) is 11.5. The molecule has 104 valence electrons. The highest BCUT2D eigenvalue weighted by molar-refractivity contribution is 6.20. The Morgan fingerprint density at radius 3 is 1.90 bits per heavy atom. The van der Waals surface area contributed by atoms with E-state index in [9.17, 15) is 19.5 Å². The van der Waals surface area contributed by atoms with E-state index in [1.54, 1.807) is 30.3 Å². The fourth-order valence-electron chi connectivity index (χ4n) is 2.27. The van der Waals surface area contributed by atoms with E-state index in [-0.39, 0.29) is 0 Å². The summed E-state index contributed by atoms with van der Waals surface area (Å²) in [5.74, 6) is -2.35. The number of aliphatic carboxylic acids is 1. The van der Waals surface area contributed by atoms with Gasteiger partial charge in [-0.1, -0.05) is 30.3 Å². The van der Waals surface area contributed by atoms with Crippen molar-refractivity contribution in [1.29, 1.82) is 0 Å². The molecule has 5 heteroatoms. The number of rotatable bonds is 3. The Balaban J connectivity index is 2.61. The molecule has 1 aliphatic heterocycles. The molecule has 2 amide bonds. The molecule has 1 heterocycles. The highest BCUT2D eigenvalue weighted by Crippen LogP contribution is 2.35. The number of imide groups is 1. The standard InChI is InChI=1S/C15H15NO4/c1-9-10(2)13(18)16(12(9)17)15(3,14(19)20)11-7-5-4-6-8-11/h4-8H,1-3H3,(H,19,20). The van der Waals surface area contributed by atoms with Gasteiger partial charge in [-0.05, 0) is 26.3 Å². The van der Waals surface area contributed by atoms with Gasteiger partial charge < -0.3 is 5.11 Å². The van der Waals surface area contributed by atoms with E-state index < -0.39 is 23.3 Å². The van der Waals surface area contributed by atoms with Gasteiger partial charge in [-0.2, -0.15) is 0 Å². The van der Waals surface area contributed by atoms with Gasteiger partial charge in [0, 0.05) is 11.1 Å². The number of carbonyl (C=O) groups is 3. The Hall–Kier alpha value is -2.43. The van der Waals surface area contributed by atoms with Crippen LogP contribution in [-0.2, 0) is 19.9 Å². The van der Waals surface area contributed by atoms with Crippen LogP contribution in [0.2, 0.25) is 0 Å². The van der Waals surface area contributed by atoms with Crippen LogP contribution in [0.25, 0.3) is 0 Å². The van der Waals surface area contributed by atoms with Crippen molar-refractivity contribution in [2.24, 2.45) is 0 Å². The summed E-state index contributed by atoms with van der Waals surface area (Å²) in [5.41, 5.74) is -0.748. The van der Waals surface area contributed by atoms with Gasteiger partial charge in [0.05, 0.1) is 0 Å². The maximum absolute atomic E-state index is 12.2. The van der Waals surface area contributed by atoms with Gasteiger partial charge in [-0.25, -0.2) is 4.79 Å². The first-order valence-electron chi connectivity index (χ1n) is 6.17. The van der Waals surface area contributed by atoms with E-state index in [4.69, 9.17) is 0 Å². The molecule has 0 aliphatic carbocycles. The summed E-state index contributed by atoms with van der Waals surface area (Å²) < 4.78 is 0. The summed E-state index contributed by atoms with van der Waals surface area (Å²) in [5, 5.41) is 9.59. The van der Waals surface area contributed by atoms with Gasteiger partial charge in [0.1, 0.15) is 0 Å². The van der Waals surface area contributed by atoms with Crippen molar-refractivity contribution in [3.63, 3.8) is 0 Å². The molecule has 0 radical (unpaired) electrons. The van der Waals surface area contributed by atoms with Crippen molar-refractivity contribution in [3.05, 3.63) is 47.0 Å². The average molecular weight is 273 g/mol. The van der Waals surface area contributed by atoms with Crippen LogP contribution in [0.15, 0.2) is 41.5 Å². The van der Waals surface area contributed by atoms with Crippen LogP contribution in [0.3, 0.4) is 0 Å². The molecule has 0 aromatic heterocycles. The molecule has 20 heavy (non-hydrogen) atoms. The van der Waals surface area contributed by atoms with E-state index in [0.717, 1.165) is 4.90 Å². The van der Waals surface area contributed by atoms with Crippen LogP contribution < -0.4 is 0 Å². The third-order valence-corrected chi connectivity index (χ3v) is 3.81. The summed E-state index contributed by atoms with van der Waals surface area (Å²) in [6.45, 7) is 4.43. The summed E-state index contributed by atoms with van der Waals surface area (Å²) in [6, 6.07) is 8.28. The minimum absolute atomic E-state index is 0.290. The van der Waals surface area contributed by atoms with Crippen molar-refractivity contribution in [2.75, 3.05) is 0 Å². The van der Waals surface area contributed by atoms with Gasteiger partial charge in [0.2, 0.25) is 0 Å². The fraction of sp³-hybridized carbons (Fsp3) is 0.267. The zero-order valence-corrected chi connectivity index (χ0v) is 11.5. The van der Waals surface area contributed by atoms with Crippen LogP contribution >= 0.6 is 0 Å². The molecule has 1 atom stereocenters. The largest absolute Gasteiger partial charge is 0.479 e. The smallest absolute Gasteiger partial charge is 0.334 e. The van der Waals surface area contributed by atoms with Gasteiger partial charge in [-0.3, -0.25) is 14.5 Å². The lowest BCUT2D eigenvalue weighted by Gasteiger charge is -2.34. The summed E-state index contributed by atoms with van der Waals surface area (Å²) in [4.78, 5) is 37.0. The highest BCUT2D eigenvalue weighted by Gasteiger charge is 2.51. The molecular weight excluding hydrogens is 258 g/mol. The molecule has 0 spiro atoms. The molecule has 1 aromatic rings. The second kappa shape index (κ2) is 4.59. The van der Waals surface area contributed by atoms with Crippen molar-refractivity contribution < 1.29 is 19.5 Å². The fourth-order valence-corrected chi connectivity index (χ4v) is 2.27. The number of benzene rings is 1. The lowest BCUT2D eigenvalue weighted by Crippen LogP contribution is -2.53. The first-order chi connectivity index (χ1) is 9.31. The number of nitrogens with zero attached hydrogens (tertiary/aromatic N) is 1. The molecule has 0 bridgehead atoms. The number of carboxylic acid groups (broad SMARTS) is 1. The summed E-state index contributed by atoms with van der Waals surface area (Å²) in [7, 11) is 0. The van der Waals surface area contributed by atoms with Gasteiger partial charge in [0.25, 0.3) is 11.8 Å². The molecular formula is C15H15NO4. The van der Waals surface area contributed by atoms with Crippen molar-refractivity contribution in [2.45, 2.75) is 26.3 Å². The summed E-state index contributed by atoms with van der Waals surface area (Å²) >= 11 is 0. The predicted molar refractivity (Wildman–Crippen MR) is 71.7 cm³/mol. The number of amides is 2. The van der Waals surface area contributed by atoms with Crippen molar-refractivity contribution in [1.82, 2.24) is 4.90 Å². The molecule has 0 saturated carbocycles. The monoisotopic (exact) mass is 273 g/mol. The van der Waals surface area contributed by atoms with Gasteiger partial charge in [-0.15, -0.1) is 0 Å². The number of carboxylic acids is 1. The average Bonchev–Trinajstić information content (AvgIpc) is 2.63. The van der Waals surface area contributed by atoms with E-state index in [0.29, 0.717) is 16.7 Å². The Morgan fingerprint density at radius 1 is 1.05 bits per heavy atom. The van der Waals surface area contributed by atoms with E-state index >= 15 is 0 Å². The molecule has 1 unspecified atom stereocenters. The molecule has 1 aromatic carbocycles. The predicted octanol–water partition coefficient (Wildman–Crippen LogP) is 1.69. The van der Waals surface area contributed by atoms with E-state index in [1.807, 2.05) is 0 Å². The number of carbonyl (C=O) groups excluding carboxylic acids is 2. The molecule has 1 aliphatic rings. The van der Waals surface area contributed by atoms with E-state index in [2.05, 4.69) is 0 Å². The lowest BCUT2D eigenvalue weighted by molar-refractivity contribution is -0.162.